The van der Waals surface area contributed by atoms with E-state index in [1.165, 1.54) is 29.6 Å². The summed E-state index contributed by atoms with van der Waals surface area (Å²) < 4.78 is 0. The highest BCUT2D eigenvalue weighted by molar-refractivity contribution is 5.42. The van der Waals surface area contributed by atoms with Crippen LogP contribution in [0.15, 0.2) is 47.1 Å². The van der Waals surface area contributed by atoms with Crippen molar-refractivity contribution in [2.45, 2.75) is 60.3 Å². The van der Waals surface area contributed by atoms with Crippen LogP contribution in [0.1, 0.15) is 60.3 Å². The summed E-state index contributed by atoms with van der Waals surface area (Å²) in [6, 6.07) is 0. The molecule has 0 heteroatoms. The van der Waals surface area contributed by atoms with Crippen molar-refractivity contribution < 1.29 is 0 Å². The van der Waals surface area contributed by atoms with Crippen LogP contribution in [0.5, 0.6) is 0 Å². The van der Waals surface area contributed by atoms with Crippen molar-refractivity contribution >= 4 is 0 Å². The molecule has 1 saturated carbocycles. The summed E-state index contributed by atoms with van der Waals surface area (Å²) in [7, 11) is 0. The first-order valence-corrected chi connectivity index (χ1v) is 7.61. The molecule has 0 aromatic carbocycles. The van der Waals surface area contributed by atoms with E-state index in [1.807, 2.05) is 6.08 Å². The molecular formula is C20H28. The summed E-state index contributed by atoms with van der Waals surface area (Å²) in [5.41, 5.74) is 5.36. The topological polar surface area (TPSA) is 0 Å². The van der Waals surface area contributed by atoms with Crippen molar-refractivity contribution in [3.63, 3.8) is 0 Å². The van der Waals surface area contributed by atoms with E-state index in [0.717, 1.165) is 18.4 Å². The van der Waals surface area contributed by atoms with Gasteiger partial charge in [0.05, 0.1) is 0 Å². The highest BCUT2D eigenvalue weighted by Gasteiger charge is 2.28. The summed E-state index contributed by atoms with van der Waals surface area (Å²) in [6.45, 7) is 15.2. The van der Waals surface area contributed by atoms with Gasteiger partial charge in [-0.25, -0.2) is 0 Å². The molecule has 20 heavy (non-hydrogen) atoms. The van der Waals surface area contributed by atoms with Gasteiger partial charge in [0, 0.05) is 0 Å². The molecule has 0 atom stereocenters. The fraction of sp³-hybridized carbons (Fsp3) is 0.500. The van der Waals surface area contributed by atoms with Gasteiger partial charge < -0.3 is 0 Å². The van der Waals surface area contributed by atoms with Gasteiger partial charge in [0.25, 0.3) is 0 Å². The van der Waals surface area contributed by atoms with Gasteiger partial charge in [0.15, 0.2) is 0 Å². The smallest absolute Gasteiger partial charge is 0.000714 e. The van der Waals surface area contributed by atoms with E-state index in [1.54, 1.807) is 0 Å². The Hall–Kier alpha value is -1.48. The molecule has 0 aromatic rings. The Kier molecular flexibility index (Phi) is 6.08. The predicted molar refractivity (Wildman–Crippen MR) is 90.4 cm³/mol. The second kappa shape index (κ2) is 7.34. The van der Waals surface area contributed by atoms with E-state index in [4.69, 9.17) is 0 Å². The Labute approximate surface area is 125 Å². The van der Waals surface area contributed by atoms with E-state index in [9.17, 15) is 0 Å². The molecule has 0 N–H and O–H groups in total. The quantitative estimate of drug-likeness (QED) is 0.540. The zero-order valence-corrected chi connectivity index (χ0v) is 13.8. The zero-order chi connectivity index (χ0) is 15.2. The van der Waals surface area contributed by atoms with Crippen LogP contribution in [0, 0.1) is 17.3 Å². The average molecular weight is 268 g/mol. The summed E-state index contributed by atoms with van der Waals surface area (Å²) in [6.07, 6.45) is 11.1. The third kappa shape index (κ3) is 4.89. The van der Waals surface area contributed by atoms with E-state index in [2.05, 4.69) is 65.2 Å². The van der Waals surface area contributed by atoms with Gasteiger partial charge in [-0.05, 0) is 62.2 Å². The lowest BCUT2D eigenvalue weighted by Crippen LogP contribution is -2.20. The first-order chi connectivity index (χ1) is 9.36. The summed E-state index contributed by atoms with van der Waals surface area (Å²) in [4.78, 5) is 0. The number of hydrogen-bond donors (Lipinski definition) is 0. The molecule has 0 radical (unpaired) electrons. The van der Waals surface area contributed by atoms with Crippen LogP contribution in [0.25, 0.3) is 0 Å². The van der Waals surface area contributed by atoms with Crippen LogP contribution in [-0.2, 0) is 0 Å². The van der Waals surface area contributed by atoms with Crippen molar-refractivity contribution in [3.8, 4) is 11.8 Å². The molecule has 1 fully saturated rings. The molecule has 1 aliphatic rings. The molecule has 1 rings (SSSR count). The average Bonchev–Trinajstić information content (AvgIpc) is 2.37. The van der Waals surface area contributed by atoms with Crippen LogP contribution in [0.3, 0.4) is 0 Å². The van der Waals surface area contributed by atoms with E-state index in [0.29, 0.717) is 0 Å². The van der Waals surface area contributed by atoms with Gasteiger partial charge in [-0.1, -0.05) is 62.5 Å². The van der Waals surface area contributed by atoms with Crippen molar-refractivity contribution in [2.75, 3.05) is 0 Å². The Bertz CT molecular complexity index is 510. The normalized spacial score (nSPS) is 21.6. The van der Waals surface area contributed by atoms with Gasteiger partial charge in [-0.15, -0.1) is 0 Å². The van der Waals surface area contributed by atoms with Gasteiger partial charge in [-0.2, -0.15) is 0 Å². The second-order valence-corrected chi connectivity index (χ2v) is 6.38. The maximum Gasteiger partial charge on any atom is -0.000714 e. The third-order valence-electron chi connectivity index (χ3n) is 4.04. The molecule has 0 unspecified atom stereocenters. The molecule has 0 bridgehead atoms. The minimum absolute atomic E-state index is 0.248. The standard InChI is InChI=1S/C20H28/c1-7-16(2)10-8-11-17(3)13-14-19-18(4)12-9-15-20(19,5)6/h10,13-14H,4,7,9,12,15H2,1-3,5-6H3/b16-10+,17-13+,19-14-. The lowest BCUT2D eigenvalue weighted by molar-refractivity contribution is 0.371. The molecule has 0 nitrogen and oxygen atoms in total. The minimum atomic E-state index is 0.248. The number of rotatable bonds is 2. The molecular weight excluding hydrogens is 240 g/mol. The molecule has 108 valence electrons. The lowest BCUT2D eigenvalue weighted by Gasteiger charge is -2.34. The largest absolute Gasteiger partial charge is 0.0955 e. The van der Waals surface area contributed by atoms with Crippen molar-refractivity contribution in [1.82, 2.24) is 0 Å². The Balaban J connectivity index is 2.88. The van der Waals surface area contributed by atoms with Crippen LogP contribution in [0.4, 0.5) is 0 Å². The third-order valence-corrected chi connectivity index (χ3v) is 4.04. The van der Waals surface area contributed by atoms with E-state index >= 15 is 0 Å². The lowest BCUT2D eigenvalue weighted by atomic mass is 9.71. The van der Waals surface area contributed by atoms with Crippen LogP contribution < -0.4 is 0 Å². The molecule has 0 aromatic heterocycles. The van der Waals surface area contributed by atoms with Crippen molar-refractivity contribution in [3.05, 3.63) is 47.1 Å². The highest BCUT2D eigenvalue weighted by atomic mass is 14.3. The van der Waals surface area contributed by atoms with Gasteiger partial charge >= 0.3 is 0 Å². The van der Waals surface area contributed by atoms with Gasteiger partial charge in [-0.3, -0.25) is 0 Å². The van der Waals surface area contributed by atoms with Gasteiger partial charge in [0.2, 0.25) is 0 Å². The van der Waals surface area contributed by atoms with Crippen molar-refractivity contribution in [1.29, 1.82) is 0 Å². The van der Waals surface area contributed by atoms with E-state index < -0.39 is 0 Å². The highest BCUT2D eigenvalue weighted by Crippen LogP contribution is 2.42. The summed E-state index contributed by atoms with van der Waals surface area (Å²) in [5.74, 6) is 6.31. The Morgan fingerprint density at radius 3 is 2.65 bits per heavy atom. The molecule has 0 amide bonds. The van der Waals surface area contributed by atoms with Crippen molar-refractivity contribution in [2.24, 2.45) is 5.41 Å². The first kappa shape index (κ1) is 16.6. The fourth-order valence-electron chi connectivity index (χ4n) is 2.46. The van der Waals surface area contributed by atoms with E-state index in [-0.39, 0.29) is 5.41 Å². The second-order valence-electron chi connectivity index (χ2n) is 6.38. The minimum Gasteiger partial charge on any atom is -0.0955 e. The maximum atomic E-state index is 4.22. The van der Waals surface area contributed by atoms with Crippen LogP contribution in [0.2, 0.25) is 0 Å². The van der Waals surface area contributed by atoms with Gasteiger partial charge in [0.1, 0.15) is 0 Å². The first-order valence-electron chi connectivity index (χ1n) is 7.61. The SMILES string of the molecule is C=C1CCCC(C)(C)/C1=C\C=C(/C)C#C/C=C(\C)CC. The molecule has 0 saturated heterocycles. The maximum absolute atomic E-state index is 4.22. The molecule has 0 aliphatic heterocycles. The Morgan fingerprint density at radius 2 is 2.05 bits per heavy atom. The number of hydrogen-bond acceptors (Lipinski definition) is 0. The Morgan fingerprint density at radius 1 is 1.35 bits per heavy atom. The molecule has 1 aliphatic carbocycles. The molecule has 0 heterocycles. The fourth-order valence-corrected chi connectivity index (χ4v) is 2.46. The van der Waals surface area contributed by atoms with Crippen LogP contribution in [-0.4, -0.2) is 0 Å². The number of allylic oxidation sites excluding steroid dienone is 7. The van der Waals surface area contributed by atoms with Crippen LogP contribution >= 0.6 is 0 Å². The summed E-state index contributed by atoms with van der Waals surface area (Å²) >= 11 is 0. The molecule has 0 spiro atoms. The predicted octanol–water partition coefficient (Wildman–Crippen LogP) is 5.99. The zero-order valence-electron chi connectivity index (χ0n) is 13.8. The monoisotopic (exact) mass is 268 g/mol. The summed E-state index contributed by atoms with van der Waals surface area (Å²) in [5, 5.41) is 0.